The summed E-state index contributed by atoms with van der Waals surface area (Å²) in [7, 11) is -3.24. The molecule has 5 nitrogen and oxygen atoms in total. The van der Waals surface area contributed by atoms with Crippen LogP contribution >= 0.6 is 0 Å². The van der Waals surface area contributed by atoms with Crippen molar-refractivity contribution in [2.24, 2.45) is 0 Å². The molecule has 23 heavy (non-hydrogen) atoms. The smallest absolute Gasteiger partial charge is 0.224 e. The first-order valence-corrected chi connectivity index (χ1v) is 10.1. The molecule has 1 N–H and O–H groups in total. The molecule has 1 aromatic rings. The van der Waals surface area contributed by atoms with Gasteiger partial charge in [-0.3, -0.25) is 4.79 Å². The third-order valence-corrected chi connectivity index (χ3v) is 5.18. The number of hydrogen-bond donors (Lipinski definition) is 1. The Balaban J connectivity index is 2.02. The first-order chi connectivity index (χ1) is 10.9. The average molecular weight is 338 g/mol. The lowest BCUT2D eigenvalue weighted by Gasteiger charge is -2.31. The summed E-state index contributed by atoms with van der Waals surface area (Å²) >= 11 is 0. The van der Waals surface area contributed by atoms with E-state index in [0.29, 0.717) is 5.92 Å². The highest BCUT2D eigenvalue weighted by Crippen LogP contribution is 2.33. The molecule has 1 aliphatic rings. The molecule has 1 saturated heterocycles. The first-order valence-electron chi connectivity index (χ1n) is 8.21. The van der Waals surface area contributed by atoms with Crippen molar-refractivity contribution < 1.29 is 13.2 Å². The molecule has 1 heterocycles. The third kappa shape index (κ3) is 5.04. The molecule has 2 atom stereocenters. The molecule has 0 aliphatic carbocycles. The fourth-order valence-corrected chi connectivity index (χ4v) is 3.91. The minimum absolute atomic E-state index is 0.0398. The Morgan fingerprint density at radius 3 is 2.65 bits per heavy atom. The summed E-state index contributed by atoms with van der Waals surface area (Å²) in [6, 6.07) is 10.5. The van der Waals surface area contributed by atoms with Crippen molar-refractivity contribution in [3.8, 4) is 0 Å². The molecule has 0 unspecified atom stereocenters. The van der Waals surface area contributed by atoms with E-state index in [9.17, 15) is 13.2 Å². The van der Waals surface area contributed by atoms with Crippen LogP contribution in [0, 0.1) is 0 Å². The van der Waals surface area contributed by atoms with Crippen molar-refractivity contribution in [3.05, 3.63) is 35.9 Å². The summed E-state index contributed by atoms with van der Waals surface area (Å²) in [6.45, 7) is 3.10. The Morgan fingerprint density at radius 2 is 2.04 bits per heavy atom. The molecule has 0 spiro atoms. The van der Waals surface area contributed by atoms with Crippen LogP contribution in [0.2, 0.25) is 0 Å². The lowest BCUT2D eigenvalue weighted by Crippen LogP contribution is -2.40. The van der Waals surface area contributed by atoms with E-state index in [4.69, 9.17) is 0 Å². The molecule has 1 fully saturated rings. The first kappa shape index (κ1) is 17.9. The maximum Gasteiger partial charge on any atom is 0.224 e. The number of benzene rings is 1. The number of hydrogen-bond acceptors (Lipinski definition) is 3. The van der Waals surface area contributed by atoms with Crippen LogP contribution in [-0.4, -0.2) is 44.6 Å². The van der Waals surface area contributed by atoms with Gasteiger partial charge >= 0.3 is 0 Å². The van der Waals surface area contributed by atoms with E-state index in [2.05, 4.69) is 23.8 Å². The Labute approximate surface area is 139 Å². The van der Waals surface area contributed by atoms with E-state index in [1.165, 1.54) is 5.56 Å². The summed E-state index contributed by atoms with van der Waals surface area (Å²) in [5.41, 5.74) is 1.27. The zero-order valence-corrected chi connectivity index (χ0v) is 14.7. The zero-order valence-electron chi connectivity index (χ0n) is 13.9. The van der Waals surface area contributed by atoms with E-state index in [-0.39, 0.29) is 24.9 Å². The second-order valence-corrected chi connectivity index (χ2v) is 7.97. The van der Waals surface area contributed by atoms with Crippen molar-refractivity contribution in [2.75, 3.05) is 19.3 Å². The standard InChI is InChI=1S/C17H26N2O3S/c1-3-15(14-8-5-4-6-9-14)16-10-7-13-19(16)17(20)11-12-18-23(2,21)22/h4-6,8-9,15-16,18H,3,7,10-13H2,1-2H3/t15-,16-/m1/s1. The van der Waals surface area contributed by atoms with Crippen LogP contribution < -0.4 is 4.72 Å². The largest absolute Gasteiger partial charge is 0.339 e. The number of nitrogens with one attached hydrogen (secondary N) is 1. The summed E-state index contributed by atoms with van der Waals surface area (Å²) in [4.78, 5) is 14.4. The van der Waals surface area contributed by atoms with E-state index < -0.39 is 10.0 Å². The quantitative estimate of drug-likeness (QED) is 0.828. The molecular weight excluding hydrogens is 312 g/mol. The predicted octanol–water partition coefficient (Wildman–Crippen LogP) is 2.11. The Bertz CT molecular complexity index is 616. The van der Waals surface area contributed by atoms with E-state index in [0.717, 1.165) is 32.1 Å². The molecule has 0 aromatic heterocycles. The molecule has 1 aliphatic heterocycles. The van der Waals surface area contributed by atoms with E-state index in [1.807, 2.05) is 23.1 Å². The van der Waals surface area contributed by atoms with Gasteiger partial charge in [0.1, 0.15) is 0 Å². The SMILES string of the molecule is CC[C@H](c1ccccc1)[C@H]1CCCN1C(=O)CCNS(C)(=O)=O. The summed E-state index contributed by atoms with van der Waals surface area (Å²) in [5.74, 6) is 0.378. The van der Waals surface area contributed by atoms with Crippen LogP contribution in [0.25, 0.3) is 0 Å². The average Bonchev–Trinajstić information content (AvgIpc) is 2.97. The monoisotopic (exact) mass is 338 g/mol. The van der Waals surface area contributed by atoms with Gasteiger partial charge in [-0.05, 0) is 24.8 Å². The predicted molar refractivity (Wildman–Crippen MR) is 91.7 cm³/mol. The van der Waals surface area contributed by atoms with E-state index >= 15 is 0 Å². The lowest BCUT2D eigenvalue weighted by molar-refractivity contribution is -0.132. The number of carbonyl (C=O) groups excluding carboxylic acids is 1. The number of likely N-dealkylation sites (tertiary alicyclic amines) is 1. The van der Waals surface area contributed by atoms with Gasteiger partial charge in [0.25, 0.3) is 0 Å². The number of nitrogens with zero attached hydrogens (tertiary/aromatic N) is 1. The van der Waals surface area contributed by atoms with Gasteiger partial charge in [0.15, 0.2) is 0 Å². The van der Waals surface area contributed by atoms with Crippen molar-refractivity contribution in [2.45, 2.75) is 44.6 Å². The molecule has 0 radical (unpaired) electrons. The Kier molecular flexibility index (Phi) is 6.18. The minimum atomic E-state index is -3.24. The third-order valence-electron chi connectivity index (χ3n) is 4.45. The minimum Gasteiger partial charge on any atom is -0.339 e. The van der Waals surface area contributed by atoms with Gasteiger partial charge in [-0.1, -0.05) is 37.3 Å². The highest BCUT2D eigenvalue weighted by molar-refractivity contribution is 7.88. The van der Waals surface area contributed by atoms with Gasteiger partial charge in [-0.25, -0.2) is 13.1 Å². The number of amides is 1. The summed E-state index contributed by atoms with van der Waals surface area (Å²) < 4.78 is 24.6. The van der Waals surface area contributed by atoms with Crippen molar-refractivity contribution in [3.63, 3.8) is 0 Å². The van der Waals surface area contributed by atoms with Crippen LogP contribution in [0.3, 0.4) is 0 Å². The highest BCUT2D eigenvalue weighted by Gasteiger charge is 2.34. The Morgan fingerprint density at radius 1 is 1.35 bits per heavy atom. The summed E-state index contributed by atoms with van der Waals surface area (Å²) in [5, 5.41) is 0. The highest BCUT2D eigenvalue weighted by atomic mass is 32.2. The maximum absolute atomic E-state index is 12.5. The zero-order chi connectivity index (χ0) is 16.9. The van der Waals surface area contributed by atoms with Crippen molar-refractivity contribution >= 4 is 15.9 Å². The van der Waals surface area contributed by atoms with E-state index in [1.54, 1.807) is 0 Å². The number of carbonyl (C=O) groups is 1. The van der Waals surface area contributed by atoms with Crippen LogP contribution in [0.5, 0.6) is 0 Å². The molecule has 1 amide bonds. The topological polar surface area (TPSA) is 66.5 Å². The van der Waals surface area contributed by atoms with Gasteiger partial charge in [-0.15, -0.1) is 0 Å². The second kappa shape index (κ2) is 7.93. The second-order valence-electron chi connectivity index (χ2n) is 6.14. The van der Waals surface area contributed by atoms with Crippen LogP contribution in [0.4, 0.5) is 0 Å². The maximum atomic E-state index is 12.5. The Hall–Kier alpha value is -1.40. The fourth-order valence-electron chi connectivity index (χ4n) is 3.44. The van der Waals surface area contributed by atoms with Gasteiger partial charge in [0.05, 0.1) is 6.26 Å². The van der Waals surface area contributed by atoms with Gasteiger partial charge < -0.3 is 4.90 Å². The van der Waals surface area contributed by atoms with Gasteiger partial charge in [-0.2, -0.15) is 0 Å². The van der Waals surface area contributed by atoms with Crippen LogP contribution in [0.1, 0.15) is 44.1 Å². The lowest BCUT2D eigenvalue weighted by atomic mass is 9.87. The number of sulfonamides is 1. The van der Waals surface area contributed by atoms with Gasteiger partial charge in [0.2, 0.25) is 15.9 Å². The molecule has 6 heteroatoms. The molecule has 128 valence electrons. The fraction of sp³-hybridized carbons (Fsp3) is 0.588. The van der Waals surface area contributed by atoms with Crippen LogP contribution in [0.15, 0.2) is 30.3 Å². The van der Waals surface area contributed by atoms with Crippen molar-refractivity contribution in [1.29, 1.82) is 0 Å². The normalized spacial score (nSPS) is 19.7. The van der Waals surface area contributed by atoms with Crippen molar-refractivity contribution in [1.82, 2.24) is 9.62 Å². The van der Waals surface area contributed by atoms with Crippen LogP contribution in [-0.2, 0) is 14.8 Å². The molecule has 0 bridgehead atoms. The molecular formula is C17H26N2O3S. The number of rotatable bonds is 7. The summed E-state index contributed by atoms with van der Waals surface area (Å²) in [6.07, 6.45) is 4.34. The molecule has 2 rings (SSSR count). The molecule has 0 saturated carbocycles. The molecule has 1 aromatic carbocycles. The van der Waals surface area contributed by atoms with Gasteiger partial charge in [0, 0.05) is 31.5 Å².